The van der Waals surface area contributed by atoms with Crippen LogP contribution in [0.25, 0.3) is 10.2 Å². The molecule has 0 unspecified atom stereocenters. The minimum Gasteiger partial charge on any atom is -0.482 e. The number of hydrogen-bond acceptors (Lipinski definition) is 6. The fourth-order valence-electron chi connectivity index (χ4n) is 2.75. The van der Waals surface area contributed by atoms with Crippen molar-refractivity contribution >= 4 is 39.1 Å². The van der Waals surface area contributed by atoms with Gasteiger partial charge in [-0.1, -0.05) is 6.07 Å². The van der Waals surface area contributed by atoms with Crippen molar-refractivity contribution < 1.29 is 14.3 Å². The van der Waals surface area contributed by atoms with Crippen molar-refractivity contribution in [3.05, 3.63) is 51.4 Å². The number of benzene rings is 1. The number of anilines is 1. The van der Waals surface area contributed by atoms with Crippen molar-refractivity contribution in [3.8, 4) is 5.75 Å². The van der Waals surface area contributed by atoms with Crippen LogP contribution in [-0.2, 0) is 22.6 Å². The van der Waals surface area contributed by atoms with E-state index in [1.54, 1.807) is 17.5 Å². The number of hydrogen-bond donors (Lipinski definition) is 3. The lowest BCUT2D eigenvalue weighted by Gasteiger charge is -2.18. The van der Waals surface area contributed by atoms with Gasteiger partial charge in [0.15, 0.2) is 6.61 Å². The standard InChI is InChI=1S/C17H14N4O4S/c22-13(4-10-7-26-17-15(10)16(24)19-8-20-17)18-5-9-1-2-12-11(3-9)21-14(23)6-25-12/h1-3,7-8H,4-6H2,(H,18,22)(H,21,23)(H,19,20,24). The van der Waals surface area contributed by atoms with Gasteiger partial charge in [-0.3, -0.25) is 14.4 Å². The Labute approximate surface area is 151 Å². The first kappa shape index (κ1) is 16.3. The summed E-state index contributed by atoms with van der Waals surface area (Å²) in [6, 6.07) is 5.35. The van der Waals surface area contributed by atoms with Gasteiger partial charge in [0.05, 0.1) is 23.8 Å². The van der Waals surface area contributed by atoms with E-state index in [0.29, 0.717) is 33.8 Å². The second kappa shape index (κ2) is 6.60. The third kappa shape index (κ3) is 3.16. The lowest BCUT2D eigenvalue weighted by molar-refractivity contribution is -0.120. The van der Waals surface area contributed by atoms with E-state index < -0.39 is 0 Å². The lowest BCUT2D eigenvalue weighted by atomic mass is 10.1. The first-order valence-corrected chi connectivity index (χ1v) is 8.74. The van der Waals surface area contributed by atoms with Gasteiger partial charge in [-0.25, -0.2) is 4.98 Å². The van der Waals surface area contributed by atoms with Crippen LogP contribution in [0.4, 0.5) is 5.69 Å². The van der Waals surface area contributed by atoms with Gasteiger partial charge in [0.2, 0.25) is 5.91 Å². The van der Waals surface area contributed by atoms with Crippen molar-refractivity contribution in [2.75, 3.05) is 11.9 Å². The molecule has 0 radical (unpaired) electrons. The minimum atomic E-state index is -0.246. The van der Waals surface area contributed by atoms with E-state index in [9.17, 15) is 14.4 Å². The summed E-state index contributed by atoms with van der Waals surface area (Å²) < 4.78 is 5.30. The number of amides is 2. The van der Waals surface area contributed by atoms with E-state index in [2.05, 4.69) is 20.6 Å². The maximum absolute atomic E-state index is 12.2. The van der Waals surface area contributed by atoms with Gasteiger partial charge in [-0.05, 0) is 28.6 Å². The van der Waals surface area contributed by atoms with E-state index in [1.165, 1.54) is 17.7 Å². The molecule has 9 heteroatoms. The highest BCUT2D eigenvalue weighted by molar-refractivity contribution is 7.16. The van der Waals surface area contributed by atoms with Gasteiger partial charge in [0.25, 0.3) is 11.5 Å². The van der Waals surface area contributed by atoms with Crippen LogP contribution in [-0.4, -0.2) is 28.4 Å². The Hall–Kier alpha value is -3.20. The molecular weight excluding hydrogens is 356 g/mol. The number of carbonyl (C=O) groups is 2. The van der Waals surface area contributed by atoms with Crippen LogP contribution in [0.1, 0.15) is 11.1 Å². The Balaban J connectivity index is 1.43. The van der Waals surface area contributed by atoms with Crippen LogP contribution < -0.4 is 20.9 Å². The fraction of sp³-hybridized carbons (Fsp3) is 0.176. The second-order valence-electron chi connectivity index (χ2n) is 5.79. The second-order valence-corrected chi connectivity index (χ2v) is 6.65. The Kier molecular flexibility index (Phi) is 4.13. The van der Waals surface area contributed by atoms with Gasteiger partial charge in [0.1, 0.15) is 10.6 Å². The molecule has 1 aliphatic rings. The zero-order valence-corrected chi connectivity index (χ0v) is 14.3. The van der Waals surface area contributed by atoms with Crippen LogP contribution in [0, 0.1) is 0 Å². The molecule has 3 N–H and O–H groups in total. The molecule has 0 atom stereocenters. The summed E-state index contributed by atoms with van der Waals surface area (Å²) in [6.45, 7) is 0.310. The summed E-state index contributed by atoms with van der Waals surface area (Å²) in [5.74, 6) is 0.198. The average molecular weight is 370 g/mol. The number of carbonyl (C=O) groups excluding carboxylic acids is 2. The summed E-state index contributed by atoms with van der Waals surface area (Å²) in [4.78, 5) is 42.8. The van der Waals surface area contributed by atoms with Crippen molar-refractivity contribution in [2.45, 2.75) is 13.0 Å². The molecule has 8 nitrogen and oxygen atoms in total. The first-order valence-electron chi connectivity index (χ1n) is 7.86. The number of thiophene rings is 1. The molecule has 0 spiro atoms. The monoisotopic (exact) mass is 370 g/mol. The predicted molar refractivity (Wildman–Crippen MR) is 96.4 cm³/mol. The number of fused-ring (bicyclic) bond motifs is 2. The first-order chi connectivity index (χ1) is 12.6. The molecular formula is C17H14N4O4S. The van der Waals surface area contributed by atoms with E-state index in [4.69, 9.17) is 4.74 Å². The maximum Gasteiger partial charge on any atom is 0.262 e. The molecule has 3 aromatic rings. The molecule has 0 aliphatic carbocycles. The molecule has 1 aliphatic heterocycles. The molecule has 1 aromatic carbocycles. The quantitative estimate of drug-likeness (QED) is 0.638. The molecule has 0 bridgehead atoms. The summed E-state index contributed by atoms with van der Waals surface area (Å²) in [7, 11) is 0. The Morgan fingerprint density at radius 2 is 2.23 bits per heavy atom. The minimum absolute atomic E-state index is 0.00562. The van der Waals surface area contributed by atoms with E-state index >= 15 is 0 Å². The van der Waals surface area contributed by atoms with Gasteiger partial charge in [-0.2, -0.15) is 0 Å². The molecule has 0 saturated heterocycles. The molecule has 2 amide bonds. The third-order valence-corrected chi connectivity index (χ3v) is 4.90. The molecule has 26 heavy (non-hydrogen) atoms. The number of H-pyrrole nitrogens is 1. The van der Waals surface area contributed by atoms with Gasteiger partial charge < -0.3 is 20.4 Å². The summed E-state index contributed by atoms with van der Waals surface area (Å²) in [6.07, 6.45) is 1.45. The highest BCUT2D eigenvalue weighted by Gasteiger charge is 2.16. The van der Waals surface area contributed by atoms with Crippen LogP contribution in [0.3, 0.4) is 0 Å². The van der Waals surface area contributed by atoms with Crippen molar-refractivity contribution in [1.29, 1.82) is 0 Å². The summed E-state index contributed by atoms with van der Waals surface area (Å²) in [5, 5.41) is 7.78. The summed E-state index contributed by atoms with van der Waals surface area (Å²) >= 11 is 1.34. The largest absolute Gasteiger partial charge is 0.482 e. The molecule has 0 fully saturated rings. The van der Waals surface area contributed by atoms with Crippen LogP contribution in [0.15, 0.2) is 34.7 Å². The average Bonchev–Trinajstić information content (AvgIpc) is 3.04. The number of nitrogens with zero attached hydrogens (tertiary/aromatic N) is 1. The number of nitrogens with one attached hydrogen (secondary N) is 3. The smallest absolute Gasteiger partial charge is 0.262 e. The molecule has 4 rings (SSSR count). The number of aromatic nitrogens is 2. The zero-order chi connectivity index (χ0) is 18.1. The number of ether oxygens (including phenoxy) is 1. The third-order valence-electron chi connectivity index (χ3n) is 3.97. The van der Waals surface area contributed by atoms with Crippen molar-refractivity contribution in [3.63, 3.8) is 0 Å². The Morgan fingerprint density at radius 1 is 1.35 bits per heavy atom. The Morgan fingerprint density at radius 3 is 3.12 bits per heavy atom. The van der Waals surface area contributed by atoms with Crippen molar-refractivity contribution in [1.82, 2.24) is 15.3 Å². The Bertz CT molecular complexity index is 1070. The topological polar surface area (TPSA) is 113 Å². The lowest BCUT2D eigenvalue weighted by Crippen LogP contribution is -2.27. The van der Waals surface area contributed by atoms with Gasteiger partial charge >= 0.3 is 0 Å². The van der Waals surface area contributed by atoms with E-state index in [1.807, 2.05) is 6.07 Å². The predicted octanol–water partition coefficient (Wildman–Crippen LogP) is 1.17. The number of aromatic amines is 1. The number of rotatable bonds is 4. The van der Waals surface area contributed by atoms with Crippen LogP contribution in [0.5, 0.6) is 5.75 Å². The highest BCUT2D eigenvalue weighted by Crippen LogP contribution is 2.28. The van der Waals surface area contributed by atoms with E-state index in [-0.39, 0.29) is 30.4 Å². The van der Waals surface area contributed by atoms with Gasteiger partial charge in [-0.15, -0.1) is 11.3 Å². The molecule has 0 saturated carbocycles. The molecule has 2 aromatic heterocycles. The summed E-state index contributed by atoms with van der Waals surface area (Å²) in [5.41, 5.74) is 1.83. The van der Waals surface area contributed by atoms with Crippen molar-refractivity contribution in [2.24, 2.45) is 0 Å². The maximum atomic E-state index is 12.2. The zero-order valence-electron chi connectivity index (χ0n) is 13.5. The highest BCUT2D eigenvalue weighted by atomic mass is 32.1. The van der Waals surface area contributed by atoms with E-state index in [0.717, 1.165) is 5.56 Å². The fourth-order valence-corrected chi connectivity index (χ4v) is 3.66. The SMILES string of the molecule is O=C(Cc1csc2nc[nH]c(=O)c12)NCc1ccc2c(c1)NC(=O)CO2. The normalized spacial score (nSPS) is 13.0. The molecule has 3 heterocycles. The van der Waals surface area contributed by atoms with Gasteiger partial charge in [0, 0.05) is 6.54 Å². The molecule has 132 valence electrons. The van der Waals surface area contributed by atoms with Crippen LogP contribution in [0.2, 0.25) is 0 Å². The van der Waals surface area contributed by atoms with Crippen LogP contribution >= 0.6 is 11.3 Å².